The molecule has 0 atom stereocenters. The molecule has 0 unspecified atom stereocenters. The first-order valence-electron chi connectivity index (χ1n) is 8.38. The predicted octanol–water partition coefficient (Wildman–Crippen LogP) is 2.25. The van der Waals surface area contributed by atoms with Crippen molar-refractivity contribution < 1.29 is 9.59 Å². The number of carbonyl (C=O) groups excluding carboxylic acids is 2. The lowest BCUT2D eigenvalue weighted by Crippen LogP contribution is -2.24. The van der Waals surface area contributed by atoms with Crippen LogP contribution < -0.4 is 16.2 Å². The lowest BCUT2D eigenvalue weighted by molar-refractivity contribution is -0.114. The molecule has 3 aromatic rings. The number of thioether (sulfide) groups is 1. The SMILES string of the molecule is Cc1c(NC(=O)CSCC(=O)Nc2nccs2)c(=O)n(-c2ccccc2)n1C. The van der Waals surface area contributed by atoms with Crippen molar-refractivity contribution in [3.8, 4) is 5.69 Å². The van der Waals surface area contributed by atoms with Gasteiger partial charge in [0.2, 0.25) is 11.8 Å². The van der Waals surface area contributed by atoms with E-state index in [4.69, 9.17) is 0 Å². The van der Waals surface area contributed by atoms with Crippen molar-refractivity contribution in [3.63, 3.8) is 0 Å². The van der Waals surface area contributed by atoms with Crippen LogP contribution in [-0.2, 0) is 16.6 Å². The summed E-state index contributed by atoms with van der Waals surface area (Å²) in [4.78, 5) is 40.8. The van der Waals surface area contributed by atoms with E-state index in [-0.39, 0.29) is 34.6 Å². The monoisotopic (exact) mass is 417 g/mol. The number of rotatable bonds is 7. The zero-order chi connectivity index (χ0) is 20.1. The summed E-state index contributed by atoms with van der Waals surface area (Å²) in [7, 11) is 1.76. The van der Waals surface area contributed by atoms with Crippen molar-refractivity contribution in [3.05, 3.63) is 58.0 Å². The van der Waals surface area contributed by atoms with Crippen LogP contribution in [0.1, 0.15) is 5.69 Å². The normalized spacial score (nSPS) is 10.6. The Morgan fingerprint density at radius 2 is 1.82 bits per heavy atom. The van der Waals surface area contributed by atoms with Gasteiger partial charge in [-0.2, -0.15) is 0 Å². The average Bonchev–Trinajstić information content (AvgIpc) is 3.25. The number of carbonyl (C=O) groups is 2. The molecule has 0 saturated heterocycles. The number of hydrogen-bond acceptors (Lipinski definition) is 6. The Labute approximate surface area is 169 Å². The van der Waals surface area contributed by atoms with E-state index >= 15 is 0 Å². The summed E-state index contributed by atoms with van der Waals surface area (Å²) in [6.07, 6.45) is 1.60. The number of para-hydroxylation sites is 1. The molecule has 0 fully saturated rings. The number of nitrogens with one attached hydrogen (secondary N) is 2. The predicted molar refractivity (Wildman–Crippen MR) is 112 cm³/mol. The van der Waals surface area contributed by atoms with Crippen molar-refractivity contribution in [2.45, 2.75) is 6.92 Å². The number of hydrogen-bond donors (Lipinski definition) is 2. The minimum Gasteiger partial charge on any atom is -0.319 e. The Kier molecular flexibility index (Phi) is 6.32. The maximum Gasteiger partial charge on any atom is 0.295 e. The fourth-order valence-corrected chi connectivity index (χ4v) is 3.73. The van der Waals surface area contributed by atoms with E-state index in [1.807, 2.05) is 30.3 Å². The largest absolute Gasteiger partial charge is 0.319 e. The molecule has 0 spiro atoms. The quantitative estimate of drug-likeness (QED) is 0.614. The van der Waals surface area contributed by atoms with E-state index in [1.165, 1.54) is 27.8 Å². The van der Waals surface area contributed by atoms with Crippen molar-refractivity contribution >= 4 is 45.7 Å². The van der Waals surface area contributed by atoms with E-state index in [1.54, 1.807) is 30.2 Å². The highest BCUT2D eigenvalue weighted by molar-refractivity contribution is 8.00. The molecule has 2 heterocycles. The Hall–Kier alpha value is -2.85. The van der Waals surface area contributed by atoms with Crippen molar-refractivity contribution in [1.29, 1.82) is 0 Å². The van der Waals surface area contributed by atoms with Gasteiger partial charge in [0.15, 0.2) is 5.13 Å². The summed E-state index contributed by atoms with van der Waals surface area (Å²) in [5.74, 6) is -0.382. The minimum absolute atomic E-state index is 0.0599. The Morgan fingerprint density at radius 3 is 2.46 bits per heavy atom. The second kappa shape index (κ2) is 8.89. The maximum atomic E-state index is 12.8. The Balaban J connectivity index is 1.60. The summed E-state index contributed by atoms with van der Waals surface area (Å²) in [6.45, 7) is 1.77. The van der Waals surface area contributed by atoms with Crippen LogP contribution in [0.15, 0.2) is 46.7 Å². The van der Waals surface area contributed by atoms with Crippen LogP contribution in [-0.4, -0.2) is 37.7 Å². The molecule has 0 bridgehead atoms. The highest BCUT2D eigenvalue weighted by Crippen LogP contribution is 2.15. The summed E-state index contributed by atoms with van der Waals surface area (Å²) >= 11 is 2.49. The number of nitrogens with zero attached hydrogens (tertiary/aromatic N) is 3. The van der Waals surface area contributed by atoms with Crippen LogP contribution in [0.25, 0.3) is 5.69 Å². The molecule has 0 radical (unpaired) electrons. The third kappa shape index (κ3) is 4.52. The molecule has 2 N–H and O–H groups in total. The van der Waals surface area contributed by atoms with Crippen molar-refractivity contribution in [1.82, 2.24) is 14.3 Å². The zero-order valence-corrected chi connectivity index (χ0v) is 17.0. The smallest absolute Gasteiger partial charge is 0.295 e. The fraction of sp³-hybridized carbons (Fsp3) is 0.222. The van der Waals surface area contributed by atoms with E-state index in [0.29, 0.717) is 16.5 Å². The summed E-state index contributed by atoms with van der Waals surface area (Å²) in [5.41, 5.74) is 1.30. The van der Waals surface area contributed by atoms with Gasteiger partial charge in [-0.05, 0) is 19.1 Å². The van der Waals surface area contributed by atoms with Crippen LogP contribution in [0.4, 0.5) is 10.8 Å². The van der Waals surface area contributed by atoms with E-state index in [2.05, 4.69) is 15.6 Å². The standard InChI is InChI=1S/C18H19N5O3S2/c1-12-16(17(26)23(22(12)2)13-6-4-3-5-7-13)20-14(24)10-27-11-15(25)21-18-19-8-9-28-18/h3-9H,10-11H2,1-2H3,(H,20,24)(H,19,21,25). The van der Waals surface area contributed by atoms with Gasteiger partial charge < -0.3 is 10.6 Å². The van der Waals surface area contributed by atoms with Gasteiger partial charge in [-0.1, -0.05) is 18.2 Å². The van der Waals surface area contributed by atoms with E-state index in [9.17, 15) is 14.4 Å². The van der Waals surface area contributed by atoms with Crippen LogP contribution in [0.3, 0.4) is 0 Å². The molecule has 0 aliphatic heterocycles. The third-order valence-corrected chi connectivity index (χ3v) is 5.58. The number of anilines is 2. The molecular weight excluding hydrogens is 398 g/mol. The van der Waals surface area contributed by atoms with Crippen molar-refractivity contribution in [2.75, 3.05) is 22.1 Å². The van der Waals surface area contributed by atoms with Gasteiger partial charge in [0.1, 0.15) is 5.69 Å². The molecule has 8 nitrogen and oxygen atoms in total. The second-order valence-corrected chi connectivity index (χ2v) is 7.74. The molecule has 1 aromatic carbocycles. The van der Waals surface area contributed by atoms with E-state index < -0.39 is 0 Å². The summed E-state index contributed by atoms with van der Waals surface area (Å²) in [6, 6.07) is 9.20. The first kappa shape index (κ1) is 19.9. The van der Waals surface area contributed by atoms with Gasteiger partial charge in [-0.15, -0.1) is 23.1 Å². The summed E-state index contributed by atoms with van der Waals surface area (Å²) in [5, 5.41) is 7.61. The molecule has 0 aliphatic carbocycles. The topological polar surface area (TPSA) is 98.0 Å². The van der Waals surface area contributed by atoms with Crippen LogP contribution in [0, 0.1) is 6.92 Å². The van der Waals surface area contributed by atoms with Gasteiger partial charge in [-0.25, -0.2) is 9.67 Å². The second-order valence-electron chi connectivity index (χ2n) is 5.86. The molecule has 0 aliphatic rings. The van der Waals surface area contributed by atoms with Gasteiger partial charge in [-0.3, -0.25) is 19.1 Å². The number of aromatic nitrogens is 3. The molecule has 0 saturated carbocycles. The first-order valence-corrected chi connectivity index (χ1v) is 10.4. The van der Waals surface area contributed by atoms with Gasteiger partial charge in [0, 0.05) is 18.6 Å². The van der Waals surface area contributed by atoms with Gasteiger partial charge >= 0.3 is 0 Å². The Morgan fingerprint density at radius 1 is 1.14 bits per heavy atom. The van der Waals surface area contributed by atoms with Crippen LogP contribution in [0.5, 0.6) is 0 Å². The maximum absolute atomic E-state index is 12.8. The first-order chi connectivity index (χ1) is 13.5. The lowest BCUT2D eigenvalue weighted by atomic mass is 10.3. The molecular formula is C18H19N5O3S2. The number of benzene rings is 1. The number of amides is 2. The molecule has 2 amide bonds. The Bertz CT molecular complexity index is 1030. The van der Waals surface area contributed by atoms with Crippen LogP contribution in [0.2, 0.25) is 0 Å². The molecule has 146 valence electrons. The fourth-order valence-electron chi connectivity index (χ4n) is 2.56. The number of thiazole rings is 1. The lowest BCUT2D eigenvalue weighted by Gasteiger charge is -2.07. The highest BCUT2D eigenvalue weighted by Gasteiger charge is 2.18. The molecule has 28 heavy (non-hydrogen) atoms. The molecule has 3 rings (SSSR count). The third-order valence-electron chi connectivity index (χ3n) is 3.96. The van der Waals surface area contributed by atoms with Gasteiger partial charge in [0.05, 0.1) is 22.9 Å². The van der Waals surface area contributed by atoms with Crippen LogP contribution >= 0.6 is 23.1 Å². The molecule has 10 heteroatoms. The zero-order valence-electron chi connectivity index (χ0n) is 15.3. The van der Waals surface area contributed by atoms with E-state index in [0.717, 1.165) is 0 Å². The molecule has 2 aromatic heterocycles. The van der Waals surface area contributed by atoms with Gasteiger partial charge in [0.25, 0.3) is 5.56 Å². The highest BCUT2D eigenvalue weighted by atomic mass is 32.2. The van der Waals surface area contributed by atoms with Crippen molar-refractivity contribution in [2.24, 2.45) is 7.05 Å². The average molecular weight is 418 g/mol. The minimum atomic E-state index is -0.335. The summed E-state index contributed by atoms with van der Waals surface area (Å²) < 4.78 is 3.20.